The second-order valence-electron chi connectivity index (χ2n) is 11.1. The first-order valence-corrected chi connectivity index (χ1v) is 13.0. The van der Waals surface area contributed by atoms with Crippen LogP contribution in [0.5, 0.6) is 0 Å². The lowest BCUT2D eigenvalue weighted by atomic mass is 9.86. The number of rotatable bonds is 8. The third kappa shape index (κ3) is 6.47. The zero-order valence-electron chi connectivity index (χ0n) is 23.2. The molecular weight excluding hydrogens is 472 g/mol. The van der Waals surface area contributed by atoms with Gasteiger partial charge in [-0.3, -0.25) is 4.79 Å². The fourth-order valence-electron chi connectivity index (χ4n) is 4.44. The largest absolute Gasteiger partial charge is 0.373 e. The maximum Gasteiger partial charge on any atom is 0.255 e. The summed E-state index contributed by atoms with van der Waals surface area (Å²) in [6.45, 7) is 8.44. The van der Waals surface area contributed by atoms with E-state index in [2.05, 4.69) is 85.2 Å². The molecule has 0 spiro atoms. The summed E-state index contributed by atoms with van der Waals surface area (Å²) in [5.74, 6) is 0.111. The third-order valence-electron chi connectivity index (χ3n) is 6.68. The van der Waals surface area contributed by atoms with Gasteiger partial charge in [-0.2, -0.15) is 0 Å². The van der Waals surface area contributed by atoms with Crippen LogP contribution in [-0.4, -0.2) is 55.0 Å². The summed E-state index contributed by atoms with van der Waals surface area (Å²) in [4.78, 5) is 26.3. The van der Waals surface area contributed by atoms with Crippen LogP contribution in [0, 0.1) is 0 Å². The number of fused-ring (bicyclic) bond motifs is 1. The van der Waals surface area contributed by atoms with Crippen LogP contribution in [0.3, 0.4) is 0 Å². The molecule has 198 valence electrons. The number of hydrogen-bond acceptors (Lipinski definition) is 6. The van der Waals surface area contributed by atoms with Crippen molar-refractivity contribution in [1.29, 1.82) is 0 Å². The van der Waals surface area contributed by atoms with Gasteiger partial charge in [0, 0.05) is 30.7 Å². The Labute approximate surface area is 225 Å². The van der Waals surface area contributed by atoms with Gasteiger partial charge in [-0.15, -0.1) is 0 Å². The number of nitrogens with one attached hydrogen (secondary N) is 1. The van der Waals surface area contributed by atoms with E-state index in [-0.39, 0.29) is 17.3 Å². The van der Waals surface area contributed by atoms with Gasteiger partial charge in [0.15, 0.2) is 0 Å². The van der Waals surface area contributed by atoms with Gasteiger partial charge in [0.25, 0.3) is 5.91 Å². The lowest BCUT2D eigenvalue weighted by Gasteiger charge is -2.26. The molecule has 1 heterocycles. The summed E-state index contributed by atoms with van der Waals surface area (Å²) < 4.78 is 0. The van der Waals surface area contributed by atoms with Crippen molar-refractivity contribution in [3.8, 4) is 11.1 Å². The lowest BCUT2D eigenvalue weighted by molar-refractivity contribution is 0.102. The molecule has 0 aliphatic heterocycles. The van der Waals surface area contributed by atoms with Gasteiger partial charge in [-0.05, 0) is 85.6 Å². The van der Waals surface area contributed by atoms with Gasteiger partial charge >= 0.3 is 0 Å². The number of carbonyl (C=O) groups is 1. The minimum atomic E-state index is -0.141. The molecule has 0 radical (unpaired) electrons. The van der Waals surface area contributed by atoms with Crippen LogP contribution in [0.25, 0.3) is 22.0 Å². The van der Waals surface area contributed by atoms with Gasteiger partial charge in [-0.25, -0.2) is 9.97 Å². The second kappa shape index (κ2) is 11.2. The van der Waals surface area contributed by atoms with E-state index in [1.165, 1.54) is 5.56 Å². The lowest BCUT2D eigenvalue weighted by Crippen LogP contribution is -2.25. The molecule has 7 nitrogen and oxygen atoms in total. The predicted octanol–water partition coefficient (Wildman–Crippen LogP) is 5.82. The summed E-state index contributed by atoms with van der Waals surface area (Å²) in [6.07, 6.45) is 2.75. The quantitative estimate of drug-likeness (QED) is 0.311. The molecule has 3 N–H and O–H groups in total. The molecule has 0 bridgehead atoms. The van der Waals surface area contributed by atoms with E-state index in [1.54, 1.807) is 6.20 Å². The normalized spacial score (nSPS) is 11.7. The average molecular weight is 511 g/mol. The monoisotopic (exact) mass is 510 g/mol. The molecule has 0 aliphatic carbocycles. The van der Waals surface area contributed by atoms with Gasteiger partial charge in [0.1, 0.15) is 0 Å². The van der Waals surface area contributed by atoms with Gasteiger partial charge in [0.2, 0.25) is 5.95 Å². The summed E-state index contributed by atoms with van der Waals surface area (Å²) >= 11 is 0. The number of benzene rings is 3. The molecule has 0 fully saturated rings. The van der Waals surface area contributed by atoms with Crippen LogP contribution in [0.4, 0.5) is 17.3 Å². The predicted molar refractivity (Wildman–Crippen MR) is 159 cm³/mol. The van der Waals surface area contributed by atoms with Crippen LogP contribution in [0.1, 0.15) is 43.1 Å². The van der Waals surface area contributed by atoms with E-state index in [0.29, 0.717) is 5.56 Å². The number of anilines is 3. The third-order valence-corrected chi connectivity index (χ3v) is 6.68. The Hall–Kier alpha value is -3.97. The van der Waals surface area contributed by atoms with Crippen LogP contribution >= 0.6 is 0 Å². The van der Waals surface area contributed by atoms with Gasteiger partial charge < -0.3 is 20.9 Å². The molecule has 4 aromatic rings. The first kappa shape index (κ1) is 27.1. The number of nitrogens with two attached hydrogens (primary N) is 1. The van der Waals surface area contributed by atoms with Crippen molar-refractivity contribution < 1.29 is 4.79 Å². The topological polar surface area (TPSA) is 87.4 Å². The van der Waals surface area contributed by atoms with Crippen LogP contribution in [0.2, 0.25) is 0 Å². The fourth-order valence-corrected chi connectivity index (χ4v) is 4.44. The highest BCUT2D eigenvalue weighted by atomic mass is 16.1. The Morgan fingerprint density at radius 3 is 2.45 bits per heavy atom. The number of hydrogen-bond donors (Lipinski definition) is 2. The second-order valence-corrected chi connectivity index (χ2v) is 11.1. The van der Waals surface area contributed by atoms with Gasteiger partial charge in [-0.1, -0.05) is 45.0 Å². The molecular formula is C31H38N6O. The minimum Gasteiger partial charge on any atom is -0.373 e. The number of carbonyl (C=O) groups excluding carboxylic acids is 1. The maximum absolute atomic E-state index is 13.5. The maximum atomic E-state index is 13.5. The van der Waals surface area contributed by atoms with Crippen molar-refractivity contribution in [3.63, 3.8) is 0 Å². The molecule has 1 amide bonds. The van der Waals surface area contributed by atoms with Crippen LogP contribution in [-0.2, 0) is 5.41 Å². The van der Waals surface area contributed by atoms with Crippen molar-refractivity contribution in [2.75, 3.05) is 50.2 Å². The van der Waals surface area contributed by atoms with E-state index in [4.69, 9.17) is 5.73 Å². The Morgan fingerprint density at radius 2 is 1.71 bits per heavy atom. The molecule has 0 saturated carbocycles. The summed E-state index contributed by atoms with van der Waals surface area (Å²) in [5.41, 5.74) is 12.0. The van der Waals surface area contributed by atoms with E-state index < -0.39 is 0 Å². The van der Waals surface area contributed by atoms with E-state index in [1.807, 2.05) is 42.5 Å². The molecule has 38 heavy (non-hydrogen) atoms. The van der Waals surface area contributed by atoms with Crippen molar-refractivity contribution in [2.45, 2.75) is 32.6 Å². The highest BCUT2D eigenvalue weighted by Crippen LogP contribution is 2.33. The smallest absolute Gasteiger partial charge is 0.255 e. The Balaban J connectivity index is 1.61. The molecule has 3 aromatic carbocycles. The summed E-state index contributed by atoms with van der Waals surface area (Å²) in [7, 11) is 6.24. The van der Waals surface area contributed by atoms with E-state index in [0.717, 1.165) is 52.9 Å². The van der Waals surface area contributed by atoms with Crippen molar-refractivity contribution in [2.24, 2.45) is 0 Å². The Kier molecular flexibility index (Phi) is 7.97. The van der Waals surface area contributed by atoms with E-state index >= 15 is 0 Å². The molecule has 7 heteroatoms. The number of nitrogens with zero attached hydrogens (tertiary/aromatic N) is 4. The van der Waals surface area contributed by atoms with Crippen molar-refractivity contribution in [3.05, 3.63) is 78.0 Å². The average Bonchev–Trinajstić information content (AvgIpc) is 2.87. The molecule has 0 saturated heterocycles. The van der Waals surface area contributed by atoms with Gasteiger partial charge in [0.05, 0.1) is 16.9 Å². The minimum absolute atomic E-state index is 0.0358. The fraction of sp³-hybridized carbons (Fsp3) is 0.323. The molecule has 4 rings (SSSR count). The number of nitrogen functional groups attached to an aromatic ring is 1. The summed E-state index contributed by atoms with van der Waals surface area (Å²) in [6, 6.07) is 20.0. The molecule has 0 atom stereocenters. The first-order valence-electron chi connectivity index (χ1n) is 13.0. The number of amides is 1. The zero-order valence-corrected chi connectivity index (χ0v) is 23.2. The number of aromatic nitrogens is 2. The first-order chi connectivity index (χ1) is 18.0. The van der Waals surface area contributed by atoms with Crippen LogP contribution < -0.4 is 16.0 Å². The van der Waals surface area contributed by atoms with Crippen molar-refractivity contribution in [1.82, 2.24) is 14.9 Å². The standard InChI is InChI=1S/C31H38N6O/c1-31(2,3)25-12-14-28(37(6)16-8-15-36(4)5)27(19-25)34-29(38)23-10-7-9-21(17-23)22-11-13-26-24(18-22)20-33-30(32)35-26/h7,9-14,17-20H,8,15-16H2,1-6H3,(H,34,38)(H2,32,33,35). The molecule has 0 aliphatic rings. The van der Waals surface area contributed by atoms with Crippen molar-refractivity contribution >= 4 is 34.1 Å². The SMILES string of the molecule is CN(C)CCCN(C)c1ccc(C(C)(C)C)cc1NC(=O)c1cccc(-c2ccc3nc(N)ncc3c2)c1. The Bertz CT molecular complexity index is 1440. The highest BCUT2D eigenvalue weighted by Gasteiger charge is 2.19. The highest BCUT2D eigenvalue weighted by molar-refractivity contribution is 6.06. The molecule has 0 unspecified atom stereocenters. The Morgan fingerprint density at radius 1 is 0.947 bits per heavy atom. The zero-order chi connectivity index (χ0) is 27.4. The molecule has 1 aromatic heterocycles. The van der Waals surface area contributed by atoms with Crippen LogP contribution in [0.15, 0.2) is 66.9 Å². The summed E-state index contributed by atoms with van der Waals surface area (Å²) in [5, 5.41) is 4.10. The van der Waals surface area contributed by atoms with E-state index in [9.17, 15) is 4.79 Å².